The molecule has 8 nitrogen and oxygen atoms in total. The summed E-state index contributed by atoms with van der Waals surface area (Å²) in [6, 6.07) is 14.0. The Morgan fingerprint density at radius 1 is 1.09 bits per heavy atom. The van der Waals surface area contributed by atoms with Gasteiger partial charge in [0.05, 0.1) is 18.5 Å². The van der Waals surface area contributed by atoms with Crippen LogP contribution in [-0.2, 0) is 0 Å². The largest absolute Gasteiger partial charge is 0.481 e. The number of ether oxygens (including phenoxy) is 1. The van der Waals surface area contributed by atoms with Crippen molar-refractivity contribution in [3.63, 3.8) is 0 Å². The molecule has 1 aromatic carbocycles. The minimum absolute atomic E-state index is 0.00271. The van der Waals surface area contributed by atoms with Crippen molar-refractivity contribution in [3.05, 3.63) is 66.2 Å². The molecule has 4 aromatic rings. The Labute approximate surface area is 192 Å². The van der Waals surface area contributed by atoms with E-state index in [1.165, 1.54) is 6.33 Å². The van der Waals surface area contributed by atoms with Gasteiger partial charge in [0, 0.05) is 24.4 Å². The van der Waals surface area contributed by atoms with Gasteiger partial charge in [-0.2, -0.15) is 0 Å². The van der Waals surface area contributed by atoms with Gasteiger partial charge in [-0.15, -0.1) is 0 Å². The van der Waals surface area contributed by atoms with Gasteiger partial charge in [0.2, 0.25) is 5.88 Å². The first-order valence-corrected chi connectivity index (χ1v) is 11.0. The molecule has 1 amide bonds. The lowest BCUT2D eigenvalue weighted by molar-refractivity contribution is 0.0951. The zero-order chi connectivity index (χ0) is 23.4. The van der Waals surface area contributed by atoms with E-state index in [0.29, 0.717) is 29.6 Å². The molecule has 1 atom stereocenters. The van der Waals surface area contributed by atoms with Gasteiger partial charge in [-0.1, -0.05) is 32.0 Å². The molecule has 0 aliphatic heterocycles. The molecule has 3 heterocycles. The van der Waals surface area contributed by atoms with E-state index in [2.05, 4.69) is 62.6 Å². The third-order valence-corrected chi connectivity index (χ3v) is 5.49. The van der Waals surface area contributed by atoms with E-state index in [1.807, 2.05) is 31.3 Å². The SMILES string of the molecule is CCNC(=O)c1cc2c(N[C@@H](c3cccc(-c4ccc(OC)nc4)c3)C(C)C)ncnc2[nH]1. The zero-order valence-corrected chi connectivity index (χ0v) is 19.2. The lowest BCUT2D eigenvalue weighted by Crippen LogP contribution is -2.22. The Balaban J connectivity index is 1.66. The summed E-state index contributed by atoms with van der Waals surface area (Å²) < 4.78 is 5.17. The van der Waals surface area contributed by atoms with Crippen molar-refractivity contribution >= 4 is 22.8 Å². The van der Waals surface area contributed by atoms with Crippen molar-refractivity contribution in [2.45, 2.75) is 26.8 Å². The standard InChI is InChI=1S/C25H28N6O2/c1-5-26-25(32)20-12-19-23(30-20)28-14-29-24(19)31-22(15(2)3)17-8-6-7-16(11-17)18-9-10-21(33-4)27-13-18/h6-15,22H,5H2,1-4H3,(H,26,32)(H2,28,29,30,31)/t22-/m1/s1. The van der Waals surface area contributed by atoms with Crippen molar-refractivity contribution in [2.75, 3.05) is 19.0 Å². The van der Waals surface area contributed by atoms with Crippen LogP contribution in [0.25, 0.3) is 22.2 Å². The van der Waals surface area contributed by atoms with E-state index in [-0.39, 0.29) is 17.9 Å². The third kappa shape index (κ3) is 4.79. The van der Waals surface area contributed by atoms with Crippen LogP contribution in [0.4, 0.5) is 5.82 Å². The van der Waals surface area contributed by atoms with Crippen LogP contribution in [0.2, 0.25) is 0 Å². The Morgan fingerprint density at radius 2 is 1.94 bits per heavy atom. The first-order chi connectivity index (χ1) is 16.0. The minimum atomic E-state index is -0.164. The number of nitrogens with zero attached hydrogens (tertiary/aromatic N) is 3. The molecule has 0 bridgehead atoms. The fourth-order valence-electron chi connectivity index (χ4n) is 3.80. The number of fused-ring (bicyclic) bond motifs is 1. The predicted octanol–water partition coefficient (Wildman–Crippen LogP) is 4.59. The number of aromatic nitrogens is 4. The number of hydrogen-bond donors (Lipinski definition) is 3. The molecule has 0 radical (unpaired) electrons. The molecule has 0 unspecified atom stereocenters. The van der Waals surface area contributed by atoms with Crippen LogP contribution in [0.5, 0.6) is 5.88 Å². The summed E-state index contributed by atoms with van der Waals surface area (Å²) in [5.74, 6) is 1.38. The van der Waals surface area contributed by atoms with Gasteiger partial charge in [-0.05, 0) is 42.2 Å². The van der Waals surface area contributed by atoms with Gasteiger partial charge < -0.3 is 20.4 Å². The number of aromatic amines is 1. The third-order valence-electron chi connectivity index (χ3n) is 5.49. The second-order valence-corrected chi connectivity index (χ2v) is 8.11. The molecule has 33 heavy (non-hydrogen) atoms. The van der Waals surface area contributed by atoms with E-state index >= 15 is 0 Å². The van der Waals surface area contributed by atoms with E-state index in [0.717, 1.165) is 22.1 Å². The molecule has 8 heteroatoms. The monoisotopic (exact) mass is 444 g/mol. The number of methoxy groups -OCH3 is 1. The number of pyridine rings is 1. The Bertz CT molecular complexity index is 1250. The van der Waals surface area contributed by atoms with E-state index in [4.69, 9.17) is 4.74 Å². The maximum Gasteiger partial charge on any atom is 0.267 e. The van der Waals surface area contributed by atoms with Gasteiger partial charge in [0.25, 0.3) is 5.91 Å². The highest BCUT2D eigenvalue weighted by Gasteiger charge is 2.20. The topological polar surface area (TPSA) is 105 Å². The fraction of sp³-hybridized carbons (Fsp3) is 0.280. The second-order valence-electron chi connectivity index (χ2n) is 8.11. The normalized spacial score (nSPS) is 12.0. The molecule has 0 aliphatic rings. The summed E-state index contributed by atoms with van der Waals surface area (Å²) >= 11 is 0. The zero-order valence-electron chi connectivity index (χ0n) is 19.2. The molecule has 3 N–H and O–H groups in total. The number of carbonyl (C=O) groups excluding carboxylic acids is 1. The highest BCUT2D eigenvalue weighted by molar-refractivity contribution is 5.99. The predicted molar refractivity (Wildman–Crippen MR) is 129 cm³/mol. The smallest absolute Gasteiger partial charge is 0.267 e. The van der Waals surface area contributed by atoms with Gasteiger partial charge in [-0.3, -0.25) is 4.79 Å². The Hall–Kier alpha value is -3.94. The van der Waals surface area contributed by atoms with Crippen LogP contribution in [0.15, 0.2) is 55.0 Å². The number of carbonyl (C=O) groups is 1. The summed E-state index contributed by atoms with van der Waals surface area (Å²) in [6.45, 7) is 6.76. The lowest BCUT2D eigenvalue weighted by atomic mass is 9.93. The summed E-state index contributed by atoms with van der Waals surface area (Å²) in [5.41, 5.74) is 4.30. The van der Waals surface area contributed by atoms with E-state index in [9.17, 15) is 4.79 Å². The van der Waals surface area contributed by atoms with Crippen molar-refractivity contribution < 1.29 is 9.53 Å². The number of H-pyrrole nitrogens is 1. The average Bonchev–Trinajstić information content (AvgIpc) is 3.28. The van der Waals surface area contributed by atoms with Gasteiger partial charge in [0.15, 0.2) is 0 Å². The van der Waals surface area contributed by atoms with Gasteiger partial charge in [0.1, 0.15) is 23.5 Å². The molecule has 0 aliphatic carbocycles. The van der Waals surface area contributed by atoms with Crippen molar-refractivity contribution in [1.82, 2.24) is 25.3 Å². The maximum absolute atomic E-state index is 12.3. The van der Waals surface area contributed by atoms with Gasteiger partial charge in [-0.25, -0.2) is 15.0 Å². The summed E-state index contributed by atoms with van der Waals surface area (Å²) in [6.07, 6.45) is 3.31. The highest BCUT2D eigenvalue weighted by Crippen LogP contribution is 2.31. The Morgan fingerprint density at radius 3 is 2.64 bits per heavy atom. The minimum Gasteiger partial charge on any atom is -0.481 e. The Kier molecular flexibility index (Phi) is 6.53. The molecule has 0 fully saturated rings. The summed E-state index contributed by atoms with van der Waals surface area (Å²) in [5, 5.41) is 7.16. The molecule has 0 spiro atoms. The van der Waals surface area contributed by atoms with Crippen molar-refractivity contribution in [2.24, 2.45) is 5.92 Å². The van der Waals surface area contributed by atoms with Crippen molar-refractivity contribution in [3.8, 4) is 17.0 Å². The highest BCUT2D eigenvalue weighted by atomic mass is 16.5. The number of anilines is 1. The van der Waals surface area contributed by atoms with E-state index < -0.39 is 0 Å². The number of rotatable bonds is 8. The molecule has 170 valence electrons. The second kappa shape index (κ2) is 9.68. The lowest BCUT2D eigenvalue weighted by Gasteiger charge is -2.24. The first kappa shape index (κ1) is 22.3. The summed E-state index contributed by atoms with van der Waals surface area (Å²) in [7, 11) is 1.61. The number of amides is 1. The molecule has 3 aromatic heterocycles. The quantitative estimate of drug-likeness (QED) is 0.367. The number of nitrogens with one attached hydrogen (secondary N) is 3. The molecule has 0 saturated heterocycles. The first-order valence-electron chi connectivity index (χ1n) is 11.0. The molecule has 0 saturated carbocycles. The summed E-state index contributed by atoms with van der Waals surface area (Å²) in [4.78, 5) is 28.4. The van der Waals surface area contributed by atoms with Crippen LogP contribution in [0.3, 0.4) is 0 Å². The molecule has 4 rings (SSSR count). The van der Waals surface area contributed by atoms with Crippen LogP contribution >= 0.6 is 0 Å². The molecular weight excluding hydrogens is 416 g/mol. The van der Waals surface area contributed by atoms with Crippen molar-refractivity contribution in [1.29, 1.82) is 0 Å². The van der Waals surface area contributed by atoms with Crippen LogP contribution in [0.1, 0.15) is 42.9 Å². The fourth-order valence-corrected chi connectivity index (χ4v) is 3.80. The number of benzene rings is 1. The van der Waals surface area contributed by atoms with Crippen LogP contribution < -0.4 is 15.4 Å². The average molecular weight is 445 g/mol. The van der Waals surface area contributed by atoms with Crippen LogP contribution in [-0.4, -0.2) is 39.5 Å². The maximum atomic E-state index is 12.3. The van der Waals surface area contributed by atoms with E-state index in [1.54, 1.807) is 13.2 Å². The number of hydrogen-bond acceptors (Lipinski definition) is 6. The van der Waals surface area contributed by atoms with Gasteiger partial charge >= 0.3 is 0 Å². The van der Waals surface area contributed by atoms with Crippen LogP contribution in [0, 0.1) is 5.92 Å². The molecular formula is C25H28N6O2.